The highest BCUT2D eigenvalue weighted by atomic mass is 35.5. The van der Waals surface area contributed by atoms with E-state index in [1.54, 1.807) is 0 Å². The van der Waals surface area contributed by atoms with Gasteiger partial charge < -0.3 is 15.8 Å². The Hall–Kier alpha value is -1.01. The number of para-hydroxylation sites is 1. The molecule has 0 aromatic heterocycles. The average molecular weight is 420 g/mol. The highest BCUT2D eigenvalue weighted by Gasteiger charge is 2.27. The lowest BCUT2D eigenvalue weighted by Gasteiger charge is -2.38. The van der Waals surface area contributed by atoms with E-state index < -0.39 is 0 Å². The van der Waals surface area contributed by atoms with Crippen molar-refractivity contribution in [3.8, 4) is 0 Å². The molecular formula is C20H35Cl2N3O2. The summed E-state index contributed by atoms with van der Waals surface area (Å²) in [5.41, 5.74) is 7.76. The lowest BCUT2D eigenvalue weighted by atomic mass is 9.92. The Morgan fingerprint density at radius 2 is 1.81 bits per heavy atom. The molecule has 1 amide bonds. The Kier molecular flexibility index (Phi) is 13.5. The number of hydrogen-bond acceptors (Lipinski definition) is 4. The van der Waals surface area contributed by atoms with Crippen LogP contribution in [-0.2, 0) is 16.0 Å². The summed E-state index contributed by atoms with van der Waals surface area (Å²) in [6.07, 6.45) is 3.43. The van der Waals surface area contributed by atoms with Gasteiger partial charge in [0.2, 0.25) is 5.91 Å². The number of nitrogen functional groups attached to an aromatic ring is 1. The third-order valence-electron chi connectivity index (χ3n) is 5.29. The molecule has 0 bridgehead atoms. The predicted molar refractivity (Wildman–Crippen MR) is 117 cm³/mol. The zero-order valence-corrected chi connectivity index (χ0v) is 18.1. The Labute approximate surface area is 176 Å². The number of rotatable bonds is 9. The number of nitrogens with one attached hydrogen (secondary N) is 1. The van der Waals surface area contributed by atoms with E-state index in [1.807, 2.05) is 24.3 Å². The third kappa shape index (κ3) is 8.26. The Morgan fingerprint density at radius 1 is 1.19 bits per heavy atom. The zero-order chi connectivity index (χ0) is 18.1. The summed E-state index contributed by atoms with van der Waals surface area (Å²) < 4.78 is 5.48. The molecule has 0 spiro atoms. The second kappa shape index (κ2) is 14.1. The number of anilines is 1. The van der Waals surface area contributed by atoms with Crippen molar-refractivity contribution in [3.05, 3.63) is 29.8 Å². The van der Waals surface area contributed by atoms with Crippen molar-refractivity contribution in [2.24, 2.45) is 5.92 Å². The first-order chi connectivity index (χ1) is 12.2. The number of carbonyl (C=O) groups is 1. The number of halogens is 2. The van der Waals surface area contributed by atoms with Gasteiger partial charge in [-0.3, -0.25) is 9.69 Å². The van der Waals surface area contributed by atoms with E-state index in [-0.39, 0.29) is 30.7 Å². The molecule has 1 unspecified atom stereocenters. The van der Waals surface area contributed by atoms with Crippen molar-refractivity contribution in [2.45, 2.75) is 45.6 Å². The minimum atomic E-state index is 0. The average Bonchev–Trinajstić information content (AvgIpc) is 2.65. The van der Waals surface area contributed by atoms with Crippen LogP contribution in [0.4, 0.5) is 5.69 Å². The monoisotopic (exact) mass is 419 g/mol. The normalized spacial score (nSPS) is 15.5. The van der Waals surface area contributed by atoms with Gasteiger partial charge in [0.05, 0.1) is 13.2 Å². The van der Waals surface area contributed by atoms with Crippen LogP contribution < -0.4 is 11.1 Å². The summed E-state index contributed by atoms with van der Waals surface area (Å²) >= 11 is 0. The van der Waals surface area contributed by atoms with Crippen molar-refractivity contribution in [3.63, 3.8) is 0 Å². The van der Waals surface area contributed by atoms with Crippen molar-refractivity contribution >= 4 is 36.4 Å². The Morgan fingerprint density at radius 3 is 2.41 bits per heavy atom. The van der Waals surface area contributed by atoms with Crippen LogP contribution in [-0.4, -0.2) is 49.7 Å². The van der Waals surface area contributed by atoms with E-state index in [0.29, 0.717) is 24.8 Å². The van der Waals surface area contributed by atoms with Crippen LogP contribution in [0.3, 0.4) is 0 Å². The van der Waals surface area contributed by atoms with E-state index in [4.69, 9.17) is 10.5 Å². The molecule has 7 heteroatoms. The fraction of sp³-hybridized carbons (Fsp3) is 0.650. The summed E-state index contributed by atoms with van der Waals surface area (Å²) in [5, 5.41) is 3.16. The third-order valence-corrected chi connectivity index (χ3v) is 5.29. The number of hydrogen-bond donors (Lipinski definition) is 2. The molecule has 27 heavy (non-hydrogen) atoms. The lowest BCUT2D eigenvalue weighted by Crippen LogP contribution is -2.52. The number of nitrogens with zero attached hydrogens (tertiary/aromatic N) is 1. The zero-order valence-electron chi connectivity index (χ0n) is 16.5. The van der Waals surface area contributed by atoms with Crippen LogP contribution in [0.5, 0.6) is 0 Å². The molecule has 5 nitrogen and oxygen atoms in total. The van der Waals surface area contributed by atoms with Crippen molar-refractivity contribution in [1.29, 1.82) is 0 Å². The second-order valence-corrected chi connectivity index (χ2v) is 6.80. The van der Waals surface area contributed by atoms with Crippen LogP contribution >= 0.6 is 24.8 Å². The minimum absolute atomic E-state index is 0. The van der Waals surface area contributed by atoms with Crippen LogP contribution in [0, 0.1) is 5.92 Å². The molecule has 1 fully saturated rings. The van der Waals surface area contributed by atoms with Gasteiger partial charge in [-0.25, -0.2) is 0 Å². The van der Waals surface area contributed by atoms with Crippen LogP contribution in [0.15, 0.2) is 24.3 Å². The first-order valence-electron chi connectivity index (χ1n) is 9.57. The van der Waals surface area contributed by atoms with Gasteiger partial charge in [-0.1, -0.05) is 44.9 Å². The Bertz CT molecular complexity index is 536. The standard InChI is InChI=1S/C20H33N3O2.2ClH/c1-3-16(4-2)19(23-11-13-25-14-12-23)15-22-20(24)10-9-17-7-5-6-8-18(17)21;;/h5-8,16,19H,3-4,9-15,21H2,1-2H3,(H,22,24);2*1H. The van der Waals surface area contributed by atoms with Gasteiger partial charge >= 0.3 is 0 Å². The number of morpholine rings is 1. The summed E-state index contributed by atoms with van der Waals surface area (Å²) in [4.78, 5) is 14.8. The predicted octanol–water partition coefficient (Wildman–Crippen LogP) is 3.30. The summed E-state index contributed by atoms with van der Waals surface area (Å²) in [6, 6.07) is 8.15. The van der Waals surface area contributed by atoms with Gasteiger partial charge in [-0.05, 0) is 24.0 Å². The molecule has 2 rings (SSSR count). The number of ether oxygens (including phenoxy) is 1. The molecule has 1 aromatic carbocycles. The molecule has 1 heterocycles. The first-order valence-corrected chi connectivity index (χ1v) is 9.57. The highest BCUT2D eigenvalue weighted by Crippen LogP contribution is 2.20. The van der Waals surface area contributed by atoms with Gasteiger partial charge in [-0.2, -0.15) is 0 Å². The first kappa shape index (κ1) is 26.0. The smallest absolute Gasteiger partial charge is 0.220 e. The van der Waals surface area contributed by atoms with E-state index in [2.05, 4.69) is 24.1 Å². The molecular weight excluding hydrogens is 385 g/mol. The highest BCUT2D eigenvalue weighted by molar-refractivity contribution is 5.85. The van der Waals surface area contributed by atoms with E-state index in [0.717, 1.165) is 56.9 Å². The van der Waals surface area contributed by atoms with Crippen molar-refractivity contribution in [2.75, 3.05) is 38.6 Å². The molecule has 0 aliphatic carbocycles. The molecule has 1 aliphatic rings. The number of amides is 1. The maximum atomic E-state index is 12.3. The largest absolute Gasteiger partial charge is 0.399 e. The van der Waals surface area contributed by atoms with Crippen LogP contribution in [0.2, 0.25) is 0 Å². The number of nitrogens with two attached hydrogens (primary N) is 1. The van der Waals surface area contributed by atoms with Gasteiger partial charge in [0.15, 0.2) is 0 Å². The van der Waals surface area contributed by atoms with E-state index in [9.17, 15) is 4.79 Å². The summed E-state index contributed by atoms with van der Waals surface area (Å²) in [5.74, 6) is 0.704. The van der Waals surface area contributed by atoms with Gasteiger partial charge in [0, 0.05) is 37.8 Å². The van der Waals surface area contributed by atoms with Gasteiger partial charge in [0.1, 0.15) is 0 Å². The lowest BCUT2D eigenvalue weighted by molar-refractivity contribution is -0.121. The SMILES string of the molecule is CCC(CC)C(CNC(=O)CCc1ccccc1N)N1CCOCC1.Cl.Cl. The second-order valence-electron chi connectivity index (χ2n) is 6.80. The summed E-state index contributed by atoms with van der Waals surface area (Å²) in [7, 11) is 0. The molecule has 0 saturated carbocycles. The molecule has 3 N–H and O–H groups in total. The topological polar surface area (TPSA) is 67.6 Å². The van der Waals surface area contributed by atoms with E-state index in [1.165, 1.54) is 0 Å². The number of benzene rings is 1. The fourth-order valence-corrected chi connectivity index (χ4v) is 3.65. The van der Waals surface area contributed by atoms with Gasteiger partial charge in [0.25, 0.3) is 0 Å². The molecule has 0 radical (unpaired) electrons. The molecule has 1 saturated heterocycles. The molecule has 1 aromatic rings. The van der Waals surface area contributed by atoms with Crippen molar-refractivity contribution in [1.82, 2.24) is 10.2 Å². The summed E-state index contributed by atoms with van der Waals surface area (Å²) in [6.45, 7) is 8.68. The van der Waals surface area contributed by atoms with Crippen LogP contribution in [0.25, 0.3) is 0 Å². The maximum absolute atomic E-state index is 12.3. The Balaban J connectivity index is 0.00000338. The molecule has 1 atom stereocenters. The quantitative estimate of drug-likeness (QED) is 0.602. The fourth-order valence-electron chi connectivity index (χ4n) is 3.65. The maximum Gasteiger partial charge on any atom is 0.220 e. The van der Waals surface area contributed by atoms with Gasteiger partial charge in [-0.15, -0.1) is 24.8 Å². The molecule has 1 aliphatic heterocycles. The minimum Gasteiger partial charge on any atom is -0.399 e. The van der Waals surface area contributed by atoms with E-state index >= 15 is 0 Å². The number of aryl methyl sites for hydroxylation is 1. The van der Waals surface area contributed by atoms with Crippen molar-refractivity contribution < 1.29 is 9.53 Å². The van der Waals surface area contributed by atoms with Crippen LogP contribution in [0.1, 0.15) is 38.7 Å². The molecule has 156 valence electrons. The number of carbonyl (C=O) groups excluding carboxylic acids is 1.